The number of aromatic nitrogens is 1. The van der Waals surface area contributed by atoms with Crippen molar-refractivity contribution >= 4 is 6.09 Å². The smallest absolute Gasteiger partial charge is 0.407 e. The van der Waals surface area contributed by atoms with E-state index in [1.165, 1.54) is 70.6 Å². The normalized spacial score (nSPS) is 34.1. The van der Waals surface area contributed by atoms with E-state index in [2.05, 4.69) is 81.2 Å². The molecular formula is C39H63N2O2+. The van der Waals surface area contributed by atoms with E-state index in [9.17, 15) is 4.79 Å². The SMILES string of the molecule is CC(C)CCC[C@@H](C)[C@H]1CC[C@H]2[C@@H]3CC=C4C[C@@H](OC(=O)NCCCCCC[n+]5ccccc5)CC[C@]4(C)[C@H]3CC[C@]12C. The van der Waals surface area contributed by atoms with Gasteiger partial charge in [-0.2, -0.15) is 0 Å². The lowest BCUT2D eigenvalue weighted by molar-refractivity contribution is -0.697. The number of hydrogen-bond acceptors (Lipinski definition) is 2. The summed E-state index contributed by atoms with van der Waals surface area (Å²) in [6.07, 6.45) is 25.5. The number of carbonyl (C=O) groups is 1. The molecule has 0 aromatic carbocycles. The molecule has 0 radical (unpaired) electrons. The highest BCUT2D eigenvalue weighted by atomic mass is 16.6. The Kier molecular flexibility index (Phi) is 11.0. The molecule has 8 atom stereocenters. The fourth-order valence-corrected chi connectivity index (χ4v) is 10.5. The average molecular weight is 592 g/mol. The zero-order valence-electron chi connectivity index (χ0n) is 28.3. The third-order valence-electron chi connectivity index (χ3n) is 12.9. The number of carbonyl (C=O) groups excluding carboxylic acids is 1. The van der Waals surface area contributed by atoms with Crippen molar-refractivity contribution in [1.29, 1.82) is 0 Å². The number of nitrogens with one attached hydrogen (secondary N) is 1. The van der Waals surface area contributed by atoms with Gasteiger partial charge in [-0.3, -0.25) is 0 Å². The predicted octanol–water partition coefficient (Wildman–Crippen LogP) is 9.67. The van der Waals surface area contributed by atoms with Crippen LogP contribution < -0.4 is 9.88 Å². The molecule has 5 rings (SSSR count). The van der Waals surface area contributed by atoms with Crippen LogP contribution in [0.15, 0.2) is 42.2 Å². The van der Waals surface area contributed by atoms with Crippen molar-refractivity contribution in [2.75, 3.05) is 6.54 Å². The Morgan fingerprint density at radius 3 is 2.51 bits per heavy atom. The summed E-state index contributed by atoms with van der Waals surface area (Å²) in [6.45, 7) is 14.4. The van der Waals surface area contributed by atoms with Gasteiger partial charge < -0.3 is 10.1 Å². The van der Waals surface area contributed by atoms with Crippen LogP contribution in [0.5, 0.6) is 0 Å². The van der Waals surface area contributed by atoms with E-state index in [0.29, 0.717) is 17.4 Å². The summed E-state index contributed by atoms with van der Waals surface area (Å²) in [5.41, 5.74) is 2.45. The van der Waals surface area contributed by atoms with Crippen LogP contribution in [-0.2, 0) is 11.3 Å². The number of hydrogen-bond donors (Lipinski definition) is 1. The van der Waals surface area contributed by atoms with Gasteiger partial charge in [0.1, 0.15) is 12.6 Å². The summed E-state index contributed by atoms with van der Waals surface area (Å²) in [6, 6.07) is 6.21. The van der Waals surface area contributed by atoms with E-state index in [4.69, 9.17) is 4.74 Å². The third-order valence-corrected chi connectivity index (χ3v) is 12.9. The Morgan fingerprint density at radius 2 is 1.72 bits per heavy atom. The standard InChI is InChI=1S/C39H62N2O2/c1-29(2)14-13-15-30(3)34-18-19-35-33-17-16-31-28-32(20-22-38(31,4)36(33)21-23-39(34,35)5)43-37(42)40-24-9-6-7-10-25-41-26-11-8-12-27-41/h8,11-12,16,26-27,29-30,32-36H,6-7,9-10,13-15,17-25,28H2,1-5H3/p+1/t30-,32+,33+,34-,35+,36+,38+,39-/m1/s1. The van der Waals surface area contributed by atoms with Gasteiger partial charge >= 0.3 is 6.09 Å². The number of unbranched alkanes of at least 4 members (excludes halogenated alkanes) is 3. The van der Waals surface area contributed by atoms with E-state index in [1.54, 1.807) is 5.57 Å². The van der Waals surface area contributed by atoms with Crippen LogP contribution in [-0.4, -0.2) is 18.7 Å². The molecule has 4 nitrogen and oxygen atoms in total. The Balaban J connectivity index is 1.06. The largest absolute Gasteiger partial charge is 0.446 e. The van der Waals surface area contributed by atoms with E-state index < -0.39 is 0 Å². The highest BCUT2D eigenvalue weighted by Crippen LogP contribution is 2.67. The van der Waals surface area contributed by atoms with Gasteiger partial charge in [-0.15, -0.1) is 0 Å². The van der Waals surface area contributed by atoms with Gasteiger partial charge in [0.25, 0.3) is 0 Å². The summed E-state index contributed by atoms with van der Waals surface area (Å²) in [7, 11) is 0. The van der Waals surface area contributed by atoms with Crippen LogP contribution in [0.25, 0.3) is 0 Å². The van der Waals surface area contributed by atoms with E-state index >= 15 is 0 Å². The van der Waals surface area contributed by atoms with E-state index in [0.717, 1.165) is 67.7 Å². The molecule has 1 aromatic heterocycles. The molecule has 4 aliphatic rings. The minimum atomic E-state index is -0.212. The van der Waals surface area contributed by atoms with Gasteiger partial charge in [0.15, 0.2) is 12.4 Å². The molecule has 1 aromatic rings. The van der Waals surface area contributed by atoms with Crippen molar-refractivity contribution < 1.29 is 14.1 Å². The van der Waals surface area contributed by atoms with Crippen molar-refractivity contribution in [3.05, 3.63) is 42.2 Å². The molecule has 240 valence electrons. The number of ether oxygens (including phenoxy) is 1. The maximum absolute atomic E-state index is 12.6. The van der Waals surface area contributed by atoms with Crippen molar-refractivity contribution in [1.82, 2.24) is 5.32 Å². The number of fused-ring (bicyclic) bond motifs is 5. The van der Waals surface area contributed by atoms with Crippen LogP contribution in [0, 0.1) is 46.3 Å². The molecule has 3 saturated carbocycles. The van der Waals surface area contributed by atoms with Crippen molar-refractivity contribution in [3.63, 3.8) is 0 Å². The molecule has 1 heterocycles. The number of alkyl carbamates (subject to hydrolysis) is 1. The quantitative estimate of drug-likeness (QED) is 0.141. The highest BCUT2D eigenvalue weighted by Gasteiger charge is 2.59. The lowest BCUT2D eigenvalue weighted by Crippen LogP contribution is -2.51. The number of allylic oxidation sites excluding steroid dienone is 1. The summed E-state index contributed by atoms with van der Waals surface area (Å²) in [4.78, 5) is 12.6. The molecule has 43 heavy (non-hydrogen) atoms. The zero-order chi connectivity index (χ0) is 30.5. The predicted molar refractivity (Wildman–Crippen MR) is 176 cm³/mol. The molecule has 0 saturated heterocycles. The number of rotatable bonds is 13. The van der Waals surface area contributed by atoms with Gasteiger partial charge in [0.05, 0.1) is 0 Å². The second-order valence-corrected chi connectivity index (χ2v) is 16.0. The first-order valence-corrected chi connectivity index (χ1v) is 18.3. The Bertz CT molecular complexity index is 1070. The second-order valence-electron chi connectivity index (χ2n) is 16.0. The topological polar surface area (TPSA) is 42.2 Å². The van der Waals surface area contributed by atoms with Crippen LogP contribution in [0.4, 0.5) is 4.79 Å². The average Bonchev–Trinajstić information content (AvgIpc) is 3.34. The molecule has 0 aliphatic heterocycles. The fraction of sp³-hybridized carbons (Fsp3) is 0.795. The Hall–Kier alpha value is -1.84. The number of pyridine rings is 1. The van der Waals surface area contributed by atoms with E-state index in [-0.39, 0.29) is 12.2 Å². The summed E-state index contributed by atoms with van der Waals surface area (Å²) in [5.74, 6) is 5.18. The Morgan fingerprint density at radius 1 is 0.930 bits per heavy atom. The number of nitrogens with zero attached hydrogens (tertiary/aromatic N) is 1. The molecule has 1 N–H and O–H groups in total. The van der Waals surface area contributed by atoms with Crippen molar-refractivity contribution in [2.45, 2.75) is 144 Å². The first-order valence-electron chi connectivity index (χ1n) is 18.3. The zero-order valence-corrected chi connectivity index (χ0v) is 28.3. The maximum atomic E-state index is 12.6. The second kappa shape index (κ2) is 14.5. The fourth-order valence-electron chi connectivity index (χ4n) is 10.5. The summed E-state index contributed by atoms with van der Waals surface area (Å²) in [5, 5.41) is 3.04. The first kappa shape index (κ1) is 32.6. The first-order chi connectivity index (χ1) is 20.7. The van der Waals surface area contributed by atoms with Crippen LogP contribution >= 0.6 is 0 Å². The lowest BCUT2D eigenvalue weighted by Gasteiger charge is -2.58. The van der Waals surface area contributed by atoms with Gasteiger partial charge in [0, 0.05) is 31.5 Å². The summed E-state index contributed by atoms with van der Waals surface area (Å²) < 4.78 is 8.22. The summed E-state index contributed by atoms with van der Waals surface area (Å²) >= 11 is 0. The van der Waals surface area contributed by atoms with Crippen LogP contribution in [0.2, 0.25) is 0 Å². The monoisotopic (exact) mass is 591 g/mol. The van der Waals surface area contributed by atoms with Gasteiger partial charge in [-0.1, -0.05) is 78.0 Å². The molecule has 3 fully saturated rings. The molecular weight excluding hydrogens is 528 g/mol. The molecule has 1 amide bonds. The third kappa shape index (κ3) is 7.52. The Labute approximate surface area is 263 Å². The molecule has 0 bridgehead atoms. The maximum Gasteiger partial charge on any atom is 0.407 e. The van der Waals surface area contributed by atoms with Gasteiger partial charge in [-0.05, 0) is 104 Å². The molecule has 4 aliphatic carbocycles. The number of aryl methyl sites for hydroxylation is 1. The molecule has 4 heteroatoms. The van der Waals surface area contributed by atoms with Gasteiger partial charge in [0.2, 0.25) is 0 Å². The van der Waals surface area contributed by atoms with Crippen molar-refractivity contribution in [2.24, 2.45) is 46.3 Å². The number of amides is 1. The van der Waals surface area contributed by atoms with Gasteiger partial charge in [-0.25, -0.2) is 9.36 Å². The minimum Gasteiger partial charge on any atom is -0.446 e. The minimum absolute atomic E-state index is 0.0372. The molecule has 0 spiro atoms. The lowest BCUT2D eigenvalue weighted by atomic mass is 9.47. The van der Waals surface area contributed by atoms with E-state index in [1.807, 2.05) is 0 Å². The van der Waals surface area contributed by atoms with Crippen LogP contribution in [0.1, 0.15) is 131 Å². The van der Waals surface area contributed by atoms with Crippen LogP contribution in [0.3, 0.4) is 0 Å². The molecule has 0 unspecified atom stereocenters. The van der Waals surface area contributed by atoms with Crippen molar-refractivity contribution in [3.8, 4) is 0 Å². The highest BCUT2D eigenvalue weighted by molar-refractivity contribution is 5.67.